The van der Waals surface area contributed by atoms with Crippen LogP contribution in [0.4, 0.5) is 5.69 Å². The number of carbonyl (C=O) groups excluding carboxylic acids is 2. The normalized spacial score (nSPS) is 17.5. The van der Waals surface area contributed by atoms with Crippen molar-refractivity contribution < 1.29 is 9.59 Å². The van der Waals surface area contributed by atoms with Crippen LogP contribution in [0.5, 0.6) is 0 Å². The summed E-state index contributed by atoms with van der Waals surface area (Å²) >= 11 is 0. The summed E-state index contributed by atoms with van der Waals surface area (Å²) < 4.78 is 0. The number of imidazole rings is 1. The van der Waals surface area contributed by atoms with Crippen molar-refractivity contribution >= 4 is 28.5 Å². The molecular formula is C24H26N4O2. The molecule has 0 spiro atoms. The largest absolute Gasteiger partial charge is 0.342 e. The van der Waals surface area contributed by atoms with Crippen molar-refractivity contribution in [3.05, 3.63) is 58.9 Å². The number of aryl methyl sites for hydroxylation is 2. The van der Waals surface area contributed by atoms with Crippen LogP contribution in [0.1, 0.15) is 58.9 Å². The molecule has 0 unspecified atom stereocenters. The fourth-order valence-corrected chi connectivity index (χ4v) is 4.58. The number of fused-ring (bicyclic) bond motifs is 2. The van der Waals surface area contributed by atoms with E-state index in [1.165, 1.54) is 5.56 Å². The molecule has 2 amide bonds. The SMILES string of the molecule is Cc1ccc2nc(C3CCN(C(=O)c4ccc5c(c4)CCCC(=O)N5)CC3)[nH]c2c1. The Kier molecular flexibility index (Phi) is 4.77. The summed E-state index contributed by atoms with van der Waals surface area (Å²) in [4.78, 5) is 35.0. The van der Waals surface area contributed by atoms with Gasteiger partial charge in [0.15, 0.2) is 0 Å². The Labute approximate surface area is 175 Å². The first-order valence-corrected chi connectivity index (χ1v) is 10.7. The molecule has 1 saturated heterocycles. The van der Waals surface area contributed by atoms with E-state index in [0.29, 0.717) is 17.9 Å². The highest BCUT2D eigenvalue weighted by atomic mass is 16.2. The van der Waals surface area contributed by atoms with Crippen LogP contribution in [0.3, 0.4) is 0 Å². The molecule has 154 valence electrons. The standard InChI is InChI=1S/C24H26N4O2/c1-15-5-7-20-21(13-15)27-23(26-20)16-9-11-28(12-10-16)24(30)18-6-8-19-17(14-18)3-2-4-22(29)25-19/h5-8,13-14,16H,2-4,9-12H2,1H3,(H,25,29)(H,26,27). The first kappa shape index (κ1) is 18.9. The third-order valence-electron chi connectivity index (χ3n) is 6.30. The minimum Gasteiger partial charge on any atom is -0.342 e. The number of aromatic nitrogens is 2. The lowest BCUT2D eigenvalue weighted by Gasteiger charge is -2.31. The van der Waals surface area contributed by atoms with Gasteiger partial charge in [-0.2, -0.15) is 0 Å². The highest BCUT2D eigenvalue weighted by Crippen LogP contribution is 2.29. The smallest absolute Gasteiger partial charge is 0.253 e. The molecule has 3 aromatic rings. The second kappa shape index (κ2) is 7.59. The molecule has 3 heterocycles. The van der Waals surface area contributed by atoms with Gasteiger partial charge in [-0.15, -0.1) is 0 Å². The quantitative estimate of drug-likeness (QED) is 0.675. The maximum atomic E-state index is 13.1. The first-order valence-electron chi connectivity index (χ1n) is 10.7. The molecule has 2 aliphatic heterocycles. The Morgan fingerprint density at radius 3 is 2.77 bits per heavy atom. The van der Waals surface area contributed by atoms with Crippen molar-refractivity contribution in [3.8, 4) is 0 Å². The Bertz CT molecular complexity index is 1130. The van der Waals surface area contributed by atoms with Gasteiger partial charge < -0.3 is 15.2 Å². The van der Waals surface area contributed by atoms with Crippen LogP contribution in [0, 0.1) is 6.92 Å². The number of nitrogens with zero attached hydrogens (tertiary/aromatic N) is 2. The summed E-state index contributed by atoms with van der Waals surface area (Å²) in [5.41, 5.74) is 5.92. The van der Waals surface area contributed by atoms with Gasteiger partial charge in [-0.3, -0.25) is 9.59 Å². The number of benzene rings is 2. The molecule has 1 fully saturated rings. The molecular weight excluding hydrogens is 376 g/mol. The van der Waals surface area contributed by atoms with E-state index in [-0.39, 0.29) is 11.8 Å². The number of piperidine rings is 1. The number of rotatable bonds is 2. The summed E-state index contributed by atoms with van der Waals surface area (Å²) in [6.07, 6.45) is 3.99. The van der Waals surface area contributed by atoms with E-state index in [4.69, 9.17) is 4.98 Å². The van der Waals surface area contributed by atoms with Gasteiger partial charge in [0.1, 0.15) is 5.82 Å². The number of likely N-dealkylation sites (tertiary alicyclic amines) is 1. The average Bonchev–Trinajstić information content (AvgIpc) is 3.08. The summed E-state index contributed by atoms with van der Waals surface area (Å²) in [5, 5.41) is 2.93. The Morgan fingerprint density at radius 2 is 1.93 bits per heavy atom. The fourth-order valence-electron chi connectivity index (χ4n) is 4.58. The highest BCUT2D eigenvalue weighted by Gasteiger charge is 2.27. The van der Waals surface area contributed by atoms with E-state index in [0.717, 1.165) is 66.9 Å². The second-order valence-corrected chi connectivity index (χ2v) is 8.48. The van der Waals surface area contributed by atoms with Gasteiger partial charge >= 0.3 is 0 Å². The molecule has 30 heavy (non-hydrogen) atoms. The number of anilines is 1. The topological polar surface area (TPSA) is 78.1 Å². The van der Waals surface area contributed by atoms with Crippen LogP contribution in [0.15, 0.2) is 36.4 Å². The monoisotopic (exact) mass is 402 g/mol. The summed E-state index contributed by atoms with van der Waals surface area (Å²) in [7, 11) is 0. The van der Waals surface area contributed by atoms with Crippen LogP contribution in [-0.2, 0) is 11.2 Å². The van der Waals surface area contributed by atoms with Crippen LogP contribution >= 0.6 is 0 Å². The zero-order valence-electron chi connectivity index (χ0n) is 17.2. The van der Waals surface area contributed by atoms with Crippen molar-refractivity contribution in [1.29, 1.82) is 0 Å². The fraction of sp³-hybridized carbons (Fsp3) is 0.375. The lowest BCUT2D eigenvalue weighted by molar-refractivity contribution is -0.116. The van der Waals surface area contributed by atoms with E-state index in [1.54, 1.807) is 0 Å². The van der Waals surface area contributed by atoms with E-state index in [1.807, 2.05) is 23.1 Å². The highest BCUT2D eigenvalue weighted by molar-refractivity contribution is 5.97. The van der Waals surface area contributed by atoms with Crippen LogP contribution in [0.25, 0.3) is 11.0 Å². The number of amides is 2. The number of hydrogen-bond acceptors (Lipinski definition) is 3. The third-order valence-corrected chi connectivity index (χ3v) is 6.30. The van der Waals surface area contributed by atoms with Crippen molar-refractivity contribution in [2.45, 2.75) is 44.9 Å². The Balaban J connectivity index is 1.27. The van der Waals surface area contributed by atoms with Crippen LogP contribution in [0.2, 0.25) is 0 Å². The Hall–Kier alpha value is -3.15. The number of H-pyrrole nitrogens is 1. The van der Waals surface area contributed by atoms with Gasteiger partial charge in [0.25, 0.3) is 5.91 Å². The number of nitrogens with one attached hydrogen (secondary N) is 2. The molecule has 6 nitrogen and oxygen atoms in total. The molecule has 2 aromatic carbocycles. The lowest BCUT2D eigenvalue weighted by Crippen LogP contribution is -2.38. The van der Waals surface area contributed by atoms with E-state index < -0.39 is 0 Å². The molecule has 2 N–H and O–H groups in total. The van der Waals surface area contributed by atoms with Gasteiger partial charge in [0, 0.05) is 36.7 Å². The van der Waals surface area contributed by atoms with Gasteiger partial charge in [0.05, 0.1) is 11.0 Å². The minimum atomic E-state index is 0.0515. The molecule has 1 aromatic heterocycles. The van der Waals surface area contributed by atoms with Gasteiger partial charge in [0.2, 0.25) is 5.91 Å². The second-order valence-electron chi connectivity index (χ2n) is 8.48. The summed E-state index contributed by atoms with van der Waals surface area (Å²) in [5.74, 6) is 1.51. The van der Waals surface area contributed by atoms with Crippen molar-refractivity contribution in [1.82, 2.24) is 14.9 Å². The summed E-state index contributed by atoms with van der Waals surface area (Å²) in [6, 6.07) is 11.9. The molecule has 0 bridgehead atoms. The van der Waals surface area contributed by atoms with E-state index in [9.17, 15) is 9.59 Å². The minimum absolute atomic E-state index is 0.0515. The zero-order valence-corrected chi connectivity index (χ0v) is 17.2. The van der Waals surface area contributed by atoms with Gasteiger partial charge in [-0.1, -0.05) is 6.07 Å². The lowest BCUT2D eigenvalue weighted by atomic mass is 9.95. The molecule has 0 atom stereocenters. The molecule has 6 heteroatoms. The molecule has 0 radical (unpaired) electrons. The maximum Gasteiger partial charge on any atom is 0.253 e. The predicted octanol–water partition coefficient (Wildman–Crippen LogP) is 4.17. The molecule has 5 rings (SSSR count). The average molecular weight is 402 g/mol. The molecule has 2 aliphatic rings. The van der Waals surface area contributed by atoms with Crippen molar-refractivity contribution in [3.63, 3.8) is 0 Å². The van der Waals surface area contributed by atoms with Crippen molar-refractivity contribution in [2.24, 2.45) is 0 Å². The van der Waals surface area contributed by atoms with Crippen molar-refractivity contribution in [2.75, 3.05) is 18.4 Å². The molecule has 0 saturated carbocycles. The van der Waals surface area contributed by atoms with Gasteiger partial charge in [-0.25, -0.2) is 4.98 Å². The third kappa shape index (κ3) is 3.58. The van der Waals surface area contributed by atoms with Crippen LogP contribution < -0.4 is 5.32 Å². The number of hydrogen-bond donors (Lipinski definition) is 2. The Morgan fingerprint density at radius 1 is 1.10 bits per heavy atom. The van der Waals surface area contributed by atoms with E-state index in [2.05, 4.69) is 35.4 Å². The first-order chi connectivity index (χ1) is 14.6. The number of carbonyl (C=O) groups is 2. The summed E-state index contributed by atoms with van der Waals surface area (Å²) in [6.45, 7) is 3.54. The number of aromatic amines is 1. The maximum absolute atomic E-state index is 13.1. The van der Waals surface area contributed by atoms with Crippen LogP contribution in [-0.4, -0.2) is 39.8 Å². The predicted molar refractivity (Wildman–Crippen MR) is 117 cm³/mol. The zero-order chi connectivity index (χ0) is 20.7. The molecule has 0 aliphatic carbocycles. The van der Waals surface area contributed by atoms with E-state index >= 15 is 0 Å². The van der Waals surface area contributed by atoms with Gasteiger partial charge in [-0.05, 0) is 74.1 Å².